The van der Waals surface area contributed by atoms with Crippen molar-refractivity contribution in [2.75, 3.05) is 27.2 Å². The van der Waals surface area contributed by atoms with Crippen LogP contribution in [0.1, 0.15) is 54.1 Å². The first-order valence-corrected chi connectivity index (χ1v) is 10.2. The number of hydrogen-bond donors (Lipinski definition) is 1. The highest BCUT2D eigenvalue weighted by molar-refractivity contribution is 7.09. The summed E-state index contributed by atoms with van der Waals surface area (Å²) in [5, 5.41) is 10.5. The van der Waals surface area contributed by atoms with Crippen molar-refractivity contribution in [1.82, 2.24) is 20.4 Å². The van der Waals surface area contributed by atoms with Gasteiger partial charge in [-0.25, -0.2) is 4.98 Å². The Labute approximate surface area is 165 Å². The van der Waals surface area contributed by atoms with Gasteiger partial charge in [0.05, 0.1) is 17.9 Å². The van der Waals surface area contributed by atoms with Crippen molar-refractivity contribution in [3.05, 3.63) is 33.1 Å². The number of methoxy groups -OCH3 is 1. The lowest BCUT2D eigenvalue weighted by atomic mass is 10.1. The number of rotatable bonds is 9. The van der Waals surface area contributed by atoms with Gasteiger partial charge in [-0.2, -0.15) is 0 Å². The SMILES string of the molecule is CCNC(=NCCCc1c(C)noc1C)N(C)Cc1csc(C(C)OC)n1. The summed E-state index contributed by atoms with van der Waals surface area (Å²) in [5.74, 6) is 1.80. The van der Waals surface area contributed by atoms with Gasteiger partial charge in [-0.3, -0.25) is 4.99 Å². The fraction of sp³-hybridized carbons (Fsp3) is 0.632. The third kappa shape index (κ3) is 6.04. The van der Waals surface area contributed by atoms with Gasteiger partial charge in [-0.05, 0) is 40.5 Å². The van der Waals surface area contributed by atoms with Crippen molar-refractivity contribution in [2.45, 2.75) is 53.2 Å². The summed E-state index contributed by atoms with van der Waals surface area (Å²) >= 11 is 1.63. The van der Waals surface area contributed by atoms with Crippen molar-refractivity contribution >= 4 is 17.3 Å². The Hall–Kier alpha value is -1.93. The Bertz CT molecular complexity index is 721. The van der Waals surface area contributed by atoms with Crippen LogP contribution in [-0.4, -0.2) is 48.2 Å². The first kappa shape index (κ1) is 21.4. The maximum absolute atomic E-state index is 5.34. The summed E-state index contributed by atoms with van der Waals surface area (Å²) in [7, 11) is 3.74. The minimum atomic E-state index is 0.0280. The number of guanidine groups is 1. The summed E-state index contributed by atoms with van der Waals surface area (Å²) < 4.78 is 10.6. The number of nitrogens with zero attached hydrogens (tertiary/aromatic N) is 4. The van der Waals surface area contributed by atoms with E-state index in [1.807, 2.05) is 27.8 Å². The second kappa shape index (κ2) is 10.4. The fourth-order valence-electron chi connectivity index (χ4n) is 2.77. The second-order valence-electron chi connectivity index (χ2n) is 6.55. The molecule has 2 aromatic heterocycles. The first-order valence-electron chi connectivity index (χ1n) is 9.34. The quantitative estimate of drug-likeness (QED) is 0.399. The van der Waals surface area contributed by atoms with Crippen LogP contribution in [0.5, 0.6) is 0 Å². The van der Waals surface area contributed by atoms with Crippen molar-refractivity contribution < 1.29 is 9.26 Å². The summed E-state index contributed by atoms with van der Waals surface area (Å²) in [6.45, 7) is 10.3. The van der Waals surface area contributed by atoms with E-state index in [1.54, 1.807) is 18.4 Å². The van der Waals surface area contributed by atoms with Gasteiger partial charge >= 0.3 is 0 Å². The second-order valence-corrected chi connectivity index (χ2v) is 7.44. The lowest BCUT2D eigenvalue weighted by Gasteiger charge is -2.21. The molecule has 0 aromatic carbocycles. The molecule has 150 valence electrons. The van der Waals surface area contributed by atoms with Crippen LogP contribution in [0.2, 0.25) is 0 Å². The first-order chi connectivity index (χ1) is 13.0. The van der Waals surface area contributed by atoms with Gasteiger partial charge in [-0.15, -0.1) is 11.3 Å². The Morgan fingerprint density at radius 3 is 2.85 bits per heavy atom. The Morgan fingerprint density at radius 1 is 1.44 bits per heavy atom. The Morgan fingerprint density at radius 2 is 2.22 bits per heavy atom. The molecule has 0 aliphatic heterocycles. The maximum atomic E-state index is 5.34. The van der Waals surface area contributed by atoms with Gasteiger partial charge < -0.3 is 19.5 Å². The molecule has 7 nitrogen and oxygen atoms in total. The molecule has 0 aliphatic rings. The topological polar surface area (TPSA) is 75.8 Å². The van der Waals surface area contributed by atoms with Crippen LogP contribution in [0, 0.1) is 13.8 Å². The lowest BCUT2D eigenvalue weighted by molar-refractivity contribution is 0.119. The predicted molar refractivity (Wildman–Crippen MR) is 109 cm³/mol. The molecular weight excluding hydrogens is 362 g/mol. The molecule has 0 spiro atoms. The molecule has 0 radical (unpaired) electrons. The van der Waals surface area contributed by atoms with Crippen LogP contribution in [0.4, 0.5) is 0 Å². The molecule has 0 amide bonds. The van der Waals surface area contributed by atoms with Crippen molar-refractivity contribution in [1.29, 1.82) is 0 Å². The molecule has 27 heavy (non-hydrogen) atoms. The summed E-state index contributed by atoms with van der Waals surface area (Å²) in [5.41, 5.74) is 3.21. The Kier molecular flexibility index (Phi) is 8.24. The molecule has 1 unspecified atom stereocenters. The number of thiazole rings is 1. The Balaban J connectivity index is 1.92. The zero-order chi connectivity index (χ0) is 19.8. The van der Waals surface area contributed by atoms with Crippen molar-refractivity contribution in [3.63, 3.8) is 0 Å². The lowest BCUT2D eigenvalue weighted by Crippen LogP contribution is -2.38. The van der Waals surface area contributed by atoms with E-state index in [2.05, 4.69) is 32.7 Å². The molecule has 0 saturated carbocycles. The van der Waals surface area contributed by atoms with Gasteiger partial charge in [0, 0.05) is 38.2 Å². The van der Waals surface area contributed by atoms with E-state index in [4.69, 9.17) is 14.3 Å². The molecule has 2 heterocycles. The van der Waals surface area contributed by atoms with E-state index in [9.17, 15) is 0 Å². The average Bonchev–Trinajstić information content (AvgIpc) is 3.24. The van der Waals surface area contributed by atoms with Crippen LogP contribution in [0.25, 0.3) is 0 Å². The van der Waals surface area contributed by atoms with E-state index in [1.165, 1.54) is 5.56 Å². The number of aliphatic imine (C=N–C) groups is 1. The average molecular weight is 394 g/mol. The highest BCUT2D eigenvalue weighted by Gasteiger charge is 2.13. The van der Waals surface area contributed by atoms with Gasteiger partial charge in [0.1, 0.15) is 16.9 Å². The molecule has 2 aromatic rings. The minimum Gasteiger partial charge on any atom is -0.375 e. The van der Waals surface area contributed by atoms with E-state index in [0.717, 1.165) is 54.0 Å². The highest BCUT2D eigenvalue weighted by Crippen LogP contribution is 2.21. The maximum Gasteiger partial charge on any atom is 0.194 e. The number of aryl methyl sites for hydroxylation is 2. The molecular formula is C19H31N5O2S. The summed E-state index contributed by atoms with van der Waals surface area (Å²) in [6.07, 6.45) is 1.91. The zero-order valence-electron chi connectivity index (χ0n) is 17.2. The van der Waals surface area contributed by atoms with E-state index in [-0.39, 0.29) is 6.10 Å². The van der Waals surface area contributed by atoms with E-state index >= 15 is 0 Å². The summed E-state index contributed by atoms with van der Waals surface area (Å²) in [4.78, 5) is 11.5. The van der Waals surface area contributed by atoms with Crippen LogP contribution in [-0.2, 0) is 17.7 Å². The zero-order valence-corrected chi connectivity index (χ0v) is 18.0. The molecule has 0 fully saturated rings. The molecule has 0 aliphatic carbocycles. The minimum absolute atomic E-state index is 0.0280. The smallest absolute Gasteiger partial charge is 0.194 e. The highest BCUT2D eigenvalue weighted by atomic mass is 32.1. The van der Waals surface area contributed by atoms with Gasteiger partial charge in [-0.1, -0.05) is 5.16 Å². The number of ether oxygens (including phenoxy) is 1. The molecule has 1 atom stereocenters. The number of nitrogens with one attached hydrogen (secondary N) is 1. The molecule has 8 heteroatoms. The normalized spacial score (nSPS) is 13.0. The third-order valence-corrected chi connectivity index (χ3v) is 5.45. The largest absolute Gasteiger partial charge is 0.375 e. The molecule has 1 N–H and O–H groups in total. The summed E-state index contributed by atoms with van der Waals surface area (Å²) in [6, 6.07) is 0. The van der Waals surface area contributed by atoms with E-state index < -0.39 is 0 Å². The van der Waals surface area contributed by atoms with Crippen LogP contribution in [0.15, 0.2) is 14.9 Å². The van der Waals surface area contributed by atoms with E-state index in [0.29, 0.717) is 6.54 Å². The van der Waals surface area contributed by atoms with Crippen LogP contribution >= 0.6 is 11.3 Å². The monoisotopic (exact) mass is 393 g/mol. The van der Waals surface area contributed by atoms with Crippen LogP contribution in [0.3, 0.4) is 0 Å². The van der Waals surface area contributed by atoms with Crippen molar-refractivity contribution in [2.24, 2.45) is 4.99 Å². The molecule has 0 bridgehead atoms. The van der Waals surface area contributed by atoms with Gasteiger partial charge in [0.25, 0.3) is 0 Å². The van der Waals surface area contributed by atoms with Crippen LogP contribution < -0.4 is 5.32 Å². The third-order valence-electron chi connectivity index (χ3n) is 4.39. The standard InChI is InChI=1S/C19H31N5O2S/c1-7-20-19(21-10-8-9-17-13(2)23-26-14(17)3)24(5)11-16-12-27-18(22-16)15(4)25-6/h12,15H,7-11H2,1-6H3,(H,20,21). The van der Waals surface area contributed by atoms with Gasteiger partial charge in [0.15, 0.2) is 5.96 Å². The number of hydrogen-bond acceptors (Lipinski definition) is 6. The van der Waals surface area contributed by atoms with Crippen molar-refractivity contribution in [3.8, 4) is 0 Å². The van der Waals surface area contributed by atoms with Gasteiger partial charge in [0.2, 0.25) is 0 Å². The molecule has 0 saturated heterocycles. The number of aromatic nitrogens is 2. The molecule has 2 rings (SSSR count). The fourth-order valence-corrected chi connectivity index (χ4v) is 3.61. The predicted octanol–water partition coefficient (Wildman–Crippen LogP) is 3.49.